The van der Waals surface area contributed by atoms with Crippen LogP contribution in [-0.2, 0) is 6.54 Å². The van der Waals surface area contributed by atoms with Gasteiger partial charge in [-0.05, 0) is 25.1 Å². The molecular formula is C13H11BrClN3O3. The topological polar surface area (TPSA) is 77.2 Å². The van der Waals surface area contributed by atoms with Crippen molar-refractivity contribution in [3.05, 3.63) is 55.8 Å². The third kappa shape index (κ3) is 3.43. The number of nitrogens with one attached hydrogen (secondary N) is 1. The fraction of sp³-hybridized carbons (Fsp3) is 0.154. The first-order valence-electron chi connectivity index (χ1n) is 6.03. The normalized spacial score (nSPS) is 10.4. The van der Waals surface area contributed by atoms with Crippen molar-refractivity contribution >= 4 is 44.8 Å². The molecule has 110 valence electrons. The number of hydrogen-bond donors (Lipinski definition) is 1. The Morgan fingerprint density at radius 2 is 2.19 bits per heavy atom. The Kier molecular flexibility index (Phi) is 4.64. The number of carbonyl (C=O) groups excluding carboxylic acids is 1. The molecule has 1 aromatic heterocycles. The molecule has 2 rings (SSSR count). The highest BCUT2D eigenvalue weighted by atomic mass is 79.9. The van der Waals surface area contributed by atoms with Crippen molar-refractivity contribution in [2.24, 2.45) is 0 Å². The Balaban J connectivity index is 2.32. The molecule has 0 aliphatic heterocycles. The number of anilines is 1. The summed E-state index contributed by atoms with van der Waals surface area (Å²) in [6.07, 6.45) is 1.33. The monoisotopic (exact) mass is 371 g/mol. The standard InChI is InChI=1S/C13H11BrClN3O3/c1-2-17-7-9(18(20)21)6-12(17)13(19)16-11-5-8(14)3-4-10(11)15/h3-7H,2H2,1H3,(H,16,19). The smallest absolute Gasteiger partial charge is 0.287 e. The summed E-state index contributed by atoms with van der Waals surface area (Å²) in [5, 5.41) is 13.8. The molecule has 0 aliphatic carbocycles. The van der Waals surface area contributed by atoms with E-state index in [4.69, 9.17) is 11.6 Å². The molecule has 0 aliphatic rings. The van der Waals surface area contributed by atoms with Crippen LogP contribution in [0.1, 0.15) is 17.4 Å². The zero-order valence-electron chi connectivity index (χ0n) is 11.0. The van der Waals surface area contributed by atoms with Crippen molar-refractivity contribution in [3.8, 4) is 0 Å². The minimum Gasteiger partial charge on any atom is -0.337 e. The van der Waals surface area contributed by atoms with Crippen LogP contribution in [0.15, 0.2) is 34.9 Å². The van der Waals surface area contributed by atoms with Gasteiger partial charge in [0, 0.05) is 17.1 Å². The number of rotatable bonds is 4. The largest absolute Gasteiger partial charge is 0.337 e. The van der Waals surface area contributed by atoms with Crippen molar-refractivity contribution in [2.75, 3.05) is 5.32 Å². The molecular weight excluding hydrogens is 362 g/mol. The SMILES string of the molecule is CCn1cc([N+](=O)[O-])cc1C(=O)Nc1cc(Br)ccc1Cl. The van der Waals surface area contributed by atoms with Gasteiger partial charge in [-0.25, -0.2) is 0 Å². The van der Waals surface area contributed by atoms with E-state index in [0.717, 1.165) is 4.47 Å². The van der Waals surface area contributed by atoms with E-state index >= 15 is 0 Å². The maximum Gasteiger partial charge on any atom is 0.287 e. The molecule has 0 spiro atoms. The van der Waals surface area contributed by atoms with Crippen LogP contribution in [0.2, 0.25) is 5.02 Å². The Morgan fingerprint density at radius 1 is 1.48 bits per heavy atom. The summed E-state index contributed by atoms with van der Waals surface area (Å²) in [6.45, 7) is 2.25. The summed E-state index contributed by atoms with van der Waals surface area (Å²) in [5.41, 5.74) is 0.519. The average Bonchev–Trinajstić information content (AvgIpc) is 2.87. The third-order valence-electron chi connectivity index (χ3n) is 2.84. The Hall–Kier alpha value is -1.86. The third-order valence-corrected chi connectivity index (χ3v) is 3.67. The molecule has 0 saturated carbocycles. The highest BCUT2D eigenvalue weighted by Gasteiger charge is 2.19. The lowest BCUT2D eigenvalue weighted by molar-refractivity contribution is -0.384. The van der Waals surface area contributed by atoms with E-state index in [-0.39, 0.29) is 11.4 Å². The van der Waals surface area contributed by atoms with Crippen LogP contribution in [0, 0.1) is 10.1 Å². The van der Waals surface area contributed by atoms with Crippen molar-refractivity contribution < 1.29 is 9.72 Å². The van der Waals surface area contributed by atoms with Gasteiger partial charge in [0.2, 0.25) is 0 Å². The van der Waals surface area contributed by atoms with Gasteiger partial charge >= 0.3 is 0 Å². The van der Waals surface area contributed by atoms with Crippen LogP contribution in [0.25, 0.3) is 0 Å². The van der Waals surface area contributed by atoms with Crippen molar-refractivity contribution in [1.82, 2.24) is 4.57 Å². The number of amides is 1. The Bertz CT molecular complexity index is 715. The van der Waals surface area contributed by atoms with Crippen LogP contribution in [0.3, 0.4) is 0 Å². The molecule has 8 heteroatoms. The van der Waals surface area contributed by atoms with Crippen LogP contribution < -0.4 is 5.32 Å². The zero-order valence-corrected chi connectivity index (χ0v) is 13.3. The lowest BCUT2D eigenvalue weighted by Crippen LogP contribution is -2.16. The second-order valence-electron chi connectivity index (χ2n) is 4.20. The van der Waals surface area contributed by atoms with Gasteiger partial charge in [-0.15, -0.1) is 0 Å². The number of nitro groups is 1. The van der Waals surface area contributed by atoms with Gasteiger partial charge in [0.05, 0.1) is 21.8 Å². The van der Waals surface area contributed by atoms with Gasteiger partial charge in [-0.1, -0.05) is 27.5 Å². The number of hydrogen-bond acceptors (Lipinski definition) is 3. The van der Waals surface area contributed by atoms with Gasteiger partial charge in [-0.2, -0.15) is 0 Å². The van der Waals surface area contributed by atoms with E-state index in [0.29, 0.717) is 17.3 Å². The molecule has 0 atom stereocenters. The van der Waals surface area contributed by atoms with Gasteiger partial charge in [0.1, 0.15) is 5.69 Å². The molecule has 6 nitrogen and oxygen atoms in total. The summed E-state index contributed by atoms with van der Waals surface area (Å²) in [4.78, 5) is 22.5. The molecule has 1 amide bonds. The highest BCUT2D eigenvalue weighted by molar-refractivity contribution is 9.10. The molecule has 0 fully saturated rings. The summed E-state index contributed by atoms with van der Waals surface area (Å²) in [7, 11) is 0. The van der Waals surface area contributed by atoms with Crippen LogP contribution in [0.5, 0.6) is 0 Å². The van der Waals surface area contributed by atoms with E-state index in [2.05, 4.69) is 21.2 Å². The van der Waals surface area contributed by atoms with Crippen LogP contribution >= 0.6 is 27.5 Å². The van der Waals surface area contributed by atoms with Gasteiger partial charge in [-0.3, -0.25) is 14.9 Å². The van der Waals surface area contributed by atoms with E-state index in [1.807, 2.05) is 0 Å². The minimum atomic E-state index is -0.533. The molecule has 1 N–H and O–H groups in total. The number of halogens is 2. The summed E-state index contributed by atoms with van der Waals surface area (Å²) in [5.74, 6) is -0.454. The fourth-order valence-electron chi connectivity index (χ4n) is 1.83. The molecule has 1 aromatic carbocycles. The lowest BCUT2D eigenvalue weighted by atomic mass is 10.3. The first-order chi connectivity index (χ1) is 9.92. The van der Waals surface area contributed by atoms with Crippen molar-refractivity contribution in [1.29, 1.82) is 0 Å². The zero-order chi connectivity index (χ0) is 15.6. The van der Waals surface area contributed by atoms with Gasteiger partial charge in [0.25, 0.3) is 11.6 Å². The second-order valence-corrected chi connectivity index (χ2v) is 5.53. The van der Waals surface area contributed by atoms with Crippen molar-refractivity contribution in [2.45, 2.75) is 13.5 Å². The van der Waals surface area contributed by atoms with Gasteiger partial charge in [0.15, 0.2) is 0 Å². The average molecular weight is 373 g/mol. The summed E-state index contributed by atoms with van der Waals surface area (Å²) < 4.78 is 2.28. The first kappa shape index (κ1) is 15.5. The van der Waals surface area contributed by atoms with E-state index in [1.165, 1.54) is 16.8 Å². The number of benzene rings is 1. The molecule has 2 aromatic rings. The van der Waals surface area contributed by atoms with E-state index < -0.39 is 10.8 Å². The summed E-state index contributed by atoms with van der Waals surface area (Å²) in [6, 6.07) is 6.29. The molecule has 0 unspecified atom stereocenters. The number of aryl methyl sites for hydroxylation is 1. The maximum absolute atomic E-state index is 12.3. The van der Waals surface area contributed by atoms with Crippen LogP contribution in [-0.4, -0.2) is 15.4 Å². The predicted molar refractivity (Wildman–Crippen MR) is 83.9 cm³/mol. The second kappa shape index (κ2) is 6.28. The molecule has 0 bridgehead atoms. The van der Waals surface area contributed by atoms with Crippen LogP contribution in [0.4, 0.5) is 11.4 Å². The fourth-order valence-corrected chi connectivity index (χ4v) is 2.35. The van der Waals surface area contributed by atoms with Gasteiger partial charge < -0.3 is 9.88 Å². The van der Waals surface area contributed by atoms with E-state index in [1.54, 1.807) is 25.1 Å². The van der Waals surface area contributed by atoms with E-state index in [9.17, 15) is 14.9 Å². The number of nitrogens with zero attached hydrogens (tertiary/aromatic N) is 2. The Morgan fingerprint density at radius 3 is 2.81 bits per heavy atom. The first-order valence-corrected chi connectivity index (χ1v) is 7.20. The molecule has 0 radical (unpaired) electrons. The molecule has 21 heavy (non-hydrogen) atoms. The quantitative estimate of drug-likeness (QED) is 0.649. The highest BCUT2D eigenvalue weighted by Crippen LogP contribution is 2.26. The molecule has 0 saturated heterocycles. The predicted octanol–water partition coefficient (Wildman–Crippen LogP) is 4.08. The number of aromatic nitrogens is 1. The lowest BCUT2D eigenvalue weighted by Gasteiger charge is -2.09. The number of carbonyl (C=O) groups is 1. The summed E-state index contributed by atoms with van der Waals surface area (Å²) >= 11 is 9.30. The van der Waals surface area contributed by atoms with Crippen molar-refractivity contribution in [3.63, 3.8) is 0 Å². The Labute approximate surface area is 134 Å². The minimum absolute atomic E-state index is 0.123. The molecule has 1 heterocycles. The maximum atomic E-state index is 12.3.